The van der Waals surface area contributed by atoms with Crippen LogP contribution in [0.2, 0.25) is 0 Å². The van der Waals surface area contributed by atoms with Gasteiger partial charge < -0.3 is 10.1 Å². The van der Waals surface area contributed by atoms with Crippen molar-refractivity contribution < 1.29 is 13.5 Å². The number of nitrogens with one attached hydrogen (secondary N) is 1. The molecule has 1 N–H and O–H groups in total. The van der Waals surface area contributed by atoms with E-state index in [0.717, 1.165) is 19.4 Å². The summed E-state index contributed by atoms with van der Waals surface area (Å²) in [7, 11) is 0. The molecule has 0 aromatic heterocycles. The predicted molar refractivity (Wildman–Crippen MR) is 54.1 cm³/mol. The zero-order valence-corrected chi connectivity index (χ0v) is 8.98. The van der Waals surface area contributed by atoms with Crippen molar-refractivity contribution in [1.82, 2.24) is 5.32 Å². The number of rotatable bonds is 2. The van der Waals surface area contributed by atoms with Crippen molar-refractivity contribution in [2.75, 3.05) is 19.8 Å². The summed E-state index contributed by atoms with van der Waals surface area (Å²) in [4.78, 5) is 0. The molecule has 0 saturated carbocycles. The van der Waals surface area contributed by atoms with Crippen molar-refractivity contribution in [2.24, 2.45) is 5.92 Å². The summed E-state index contributed by atoms with van der Waals surface area (Å²) in [6.45, 7) is 1.73. The summed E-state index contributed by atoms with van der Waals surface area (Å²) in [6, 6.07) is -0.602. The number of alkyl halides is 2. The minimum Gasteiger partial charge on any atom is -0.381 e. The van der Waals surface area contributed by atoms with E-state index in [1.54, 1.807) is 0 Å². The van der Waals surface area contributed by atoms with Crippen LogP contribution < -0.4 is 5.32 Å². The maximum absolute atomic E-state index is 14.1. The number of hydrogen-bond donors (Lipinski definition) is 1. The summed E-state index contributed by atoms with van der Waals surface area (Å²) in [5.74, 6) is -3.04. The van der Waals surface area contributed by atoms with E-state index >= 15 is 0 Å². The molecule has 1 atom stereocenters. The van der Waals surface area contributed by atoms with Crippen molar-refractivity contribution in [3.05, 3.63) is 0 Å². The third-order valence-corrected chi connectivity index (χ3v) is 3.54. The van der Waals surface area contributed by atoms with Gasteiger partial charge in [0, 0.05) is 19.1 Å². The van der Waals surface area contributed by atoms with Gasteiger partial charge in [-0.25, -0.2) is 8.78 Å². The van der Waals surface area contributed by atoms with E-state index in [-0.39, 0.29) is 0 Å². The molecule has 2 aliphatic heterocycles. The minimum atomic E-state index is -2.55. The highest BCUT2D eigenvalue weighted by molar-refractivity contribution is 4.91. The Morgan fingerprint density at radius 3 is 2.40 bits per heavy atom. The lowest BCUT2D eigenvalue weighted by Crippen LogP contribution is -2.52. The largest absolute Gasteiger partial charge is 0.381 e. The normalized spacial score (nSPS) is 30.4. The molecule has 0 radical (unpaired) electrons. The van der Waals surface area contributed by atoms with E-state index in [1.807, 2.05) is 0 Å². The van der Waals surface area contributed by atoms with Gasteiger partial charge in [-0.15, -0.1) is 0 Å². The Bertz CT molecular complexity index is 179. The Labute approximate surface area is 89.4 Å². The third-order valence-electron chi connectivity index (χ3n) is 3.54. The lowest BCUT2D eigenvalue weighted by atomic mass is 9.85. The van der Waals surface area contributed by atoms with Crippen LogP contribution in [0.5, 0.6) is 0 Å². The van der Waals surface area contributed by atoms with Crippen LogP contribution in [0.4, 0.5) is 8.78 Å². The Hall–Kier alpha value is -0.220. The molecule has 2 rings (SSSR count). The van der Waals surface area contributed by atoms with Crippen LogP contribution in [0.25, 0.3) is 0 Å². The molecule has 0 aromatic carbocycles. The molecule has 4 heteroatoms. The summed E-state index contributed by atoms with van der Waals surface area (Å²) in [5, 5.41) is 2.97. The Morgan fingerprint density at radius 1 is 1.07 bits per heavy atom. The molecule has 0 aliphatic carbocycles. The molecular weight excluding hydrogens is 200 g/mol. The Kier molecular flexibility index (Phi) is 3.57. The van der Waals surface area contributed by atoms with Gasteiger partial charge in [0.15, 0.2) is 0 Å². The summed E-state index contributed by atoms with van der Waals surface area (Å²) in [5.41, 5.74) is 0. The molecule has 2 aliphatic rings. The molecule has 2 heterocycles. The standard InChI is InChI=1S/C11H19F2NO/c12-11(13,9-4-7-15-8-5-9)10-3-1-2-6-14-10/h9-10,14H,1-8H2. The van der Waals surface area contributed by atoms with Gasteiger partial charge in [0.25, 0.3) is 5.92 Å². The van der Waals surface area contributed by atoms with Gasteiger partial charge in [-0.05, 0) is 32.2 Å². The molecule has 0 bridgehead atoms. The van der Waals surface area contributed by atoms with Crippen molar-refractivity contribution >= 4 is 0 Å². The first-order valence-corrected chi connectivity index (χ1v) is 5.90. The van der Waals surface area contributed by atoms with Gasteiger partial charge in [-0.1, -0.05) is 6.42 Å². The quantitative estimate of drug-likeness (QED) is 0.768. The number of hydrogen-bond acceptors (Lipinski definition) is 2. The fraction of sp³-hybridized carbons (Fsp3) is 1.00. The predicted octanol–water partition coefficient (Wildman–Crippen LogP) is 2.19. The van der Waals surface area contributed by atoms with E-state index in [1.165, 1.54) is 0 Å². The van der Waals surface area contributed by atoms with Crippen LogP contribution in [-0.4, -0.2) is 31.7 Å². The fourth-order valence-electron chi connectivity index (χ4n) is 2.55. The molecule has 2 fully saturated rings. The van der Waals surface area contributed by atoms with E-state index in [4.69, 9.17) is 4.74 Å². The van der Waals surface area contributed by atoms with Gasteiger partial charge in [-0.2, -0.15) is 0 Å². The molecule has 0 amide bonds. The summed E-state index contributed by atoms with van der Waals surface area (Å²) in [6.07, 6.45) is 3.58. The highest BCUT2D eigenvalue weighted by Crippen LogP contribution is 2.37. The molecule has 0 aromatic rings. The lowest BCUT2D eigenvalue weighted by molar-refractivity contribution is -0.124. The first kappa shape index (κ1) is 11.3. The van der Waals surface area contributed by atoms with Gasteiger partial charge >= 0.3 is 0 Å². The van der Waals surface area contributed by atoms with Crippen molar-refractivity contribution in [3.63, 3.8) is 0 Å². The molecule has 15 heavy (non-hydrogen) atoms. The van der Waals surface area contributed by atoms with Crippen LogP contribution in [0.15, 0.2) is 0 Å². The van der Waals surface area contributed by atoms with Crippen molar-refractivity contribution in [1.29, 1.82) is 0 Å². The van der Waals surface area contributed by atoms with Crippen LogP contribution in [-0.2, 0) is 4.74 Å². The van der Waals surface area contributed by atoms with E-state index in [2.05, 4.69) is 5.32 Å². The first-order chi connectivity index (χ1) is 7.21. The van der Waals surface area contributed by atoms with E-state index < -0.39 is 17.9 Å². The number of ether oxygens (including phenoxy) is 1. The van der Waals surface area contributed by atoms with Crippen molar-refractivity contribution in [3.8, 4) is 0 Å². The molecule has 2 nitrogen and oxygen atoms in total. The SMILES string of the molecule is FC(F)(C1CCOCC1)C1CCCCN1. The smallest absolute Gasteiger partial charge is 0.266 e. The van der Waals surface area contributed by atoms with Crippen LogP contribution in [0.1, 0.15) is 32.1 Å². The van der Waals surface area contributed by atoms with Gasteiger partial charge in [0.1, 0.15) is 0 Å². The second kappa shape index (κ2) is 4.74. The minimum absolute atomic E-state index is 0.484. The highest BCUT2D eigenvalue weighted by atomic mass is 19.3. The van der Waals surface area contributed by atoms with E-state index in [9.17, 15) is 8.78 Å². The zero-order valence-electron chi connectivity index (χ0n) is 8.98. The monoisotopic (exact) mass is 219 g/mol. The van der Waals surface area contributed by atoms with Crippen LogP contribution >= 0.6 is 0 Å². The van der Waals surface area contributed by atoms with Gasteiger partial charge in [-0.3, -0.25) is 0 Å². The number of piperidine rings is 1. The molecule has 88 valence electrons. The first-order valence-electron chi connectivity index (χ1n) is 5.90. The number of halogens is 2. The zero-order chi connectivity index (χ0) is 10.7. The molecule has 2 saturated heterocycles. The van der Waals surface area contributed by atoms with Crippen molar-refractivity contribution in [2.45, 2.75) is 44.1 Å². The average Bonchev–Trinajstić information content (AvgIpc) is 2.31. The second-order valence-electron chi connectivity index (χ2n) is 4.56. The molecule has 1 unspecified atom stereocenters. The maximum Gasteiger partial charge on any atom is 0.266 e. The fourth-order valence-corrected chi connectivity index (χ4v) is 2.55. The summed E-state index contributed by atoms with van der Waals surface area (Å²) < 4.78 is 33.3. The Balaban J connectivity index is 1.96. The highest BCUT2D eigenvalue weighted by Gasteiger charge is 2.47. The molecular formula is C11H19F2NO. The topological polar surface area (TPSA) is 21.3 Å². The maximum atomic E-state index is 14.1. The summed E-state index contributed by atoms with van der Waals surface area (Å²) >= 11 is 0. The molecule has 0 spiro atoms. The lowest BCUT2D eigenvalue weighted by Gasteiger charge is -2.37. The van der Waals surface area contributed by atoms with E-state index in [0.29, 0.717) is 32.5 Å². The second-order valence-corrected chi connectivity index (χ2v) is 4.56. The van der Waals surface area contributed by atoms with Gasteiger partial charge in [0.2, 0.25) is 0 Å². The van der Waals surface area contributed by atoms with Gasteiger partial charge in [0.05, 0.1) is 6.04 Å². The Morgan fingerprint density at radius 2 is 1.80 bits per heavy atom. The third kappa shape index (κ3) is 2.48. The van der Waals surface area contributed by atoms with Crippen LogP contribution in [0.3, 0.4) is 0 Å². The average molecular weight is 219 g/mol. The van der Waals surface area contributed by atoms with Crippen LogP contribution in [0, 0.1) is 5.92 Å².